The first-order valence-corrected chi connectivity index (χ1v) is 5.76. The number of H-pyrrole nitrogens is 1. The van der Waals surface area contributed by atoms with Gasteiger partial charge in [0.25, 0.3) is 0 Å². The van der Waals surface area contributed by atoms with E-state index in [-0.39, 0.29) is 10.3 Å². The van der Waals surface area contributed by atoms with Gasteiger partial charge in [-0.3, -0.25) is 0 Å². The smallest absolute Gasteiger partial charge is 0.346 e. The molecule has 100 valence electrons. The molecule has 2 aromatic rings. The van der Waals surface area contributed by atoms with E-state index in [4.69, 9.17) is 12.2 Å². The average molecular weight is 287 g/mol. The number of hydrogen-bond donors (Lipinski definition) is 1. The van der Waals surface area contributed by atoms with Crippen LogP contribution in [0.25, 0.3) is 11.3 Å². The third-order valence-electron chi connectivity index (χ3n) is 2.52. The summed E-state index contributed by atoms with van der Waals surface area (Å²) < 4.78 is 51.3. The third-order valence-corrected chi connectivity index (χ3v) is 2.74. The number of aromatic amines is 1. The summed E-state index contributed by atoms with van der Waals surface area (Å²) in [6.45, 7) is 1.66. The van der Waals surface area contributed by atoms with Crippen molar-refractivity contribution in [3.63, 3.8) is 0 Å². The van der Waals surface area contributed by atoms with E-state index in [9.17, 15) is 17.6 Å². The van der Waals surface area contributed by atoms with Crippen molar-refractivity contribution in [3.8, 4) is 11.3 Å². The summed E-state index contributed by atoms with van der Waals surface area (Å²) in [5, 5.41) is 0. The molecule has 0 saturated heterocycles. The van der Waals surface area contributed by atoms with Crippen LogP contribution in [0.5, 0.6) is 0 Å². The average Bonchev–Trinajstić information content (AvgIpc) is 2.25. The normalized spacial score (nSPS) is 11.6. The lowest BCUT2D eigenvalue weighted by Gasteiger charge is -2.10. The Labute approximate surface area is 111 Å². The van der Waals surface area contributed by atoms with Crippen molar-refractivity contribution in [2.45, 2.75) is 13.1 Å². The van der Waals surface area contributed by atoms with Gasteiger partial charge in [0, 0.05) is 11.3 Å². The van der Waals surface area contributed by atoms with Gasteiger partial charge < -0.3 is 4.98 Å². The maximum absolute atomic E-state index is 13.3. The van der Waals surface area contributed by atoms with Gasteiger partial charge in [-0.1, -0.05) is 12.2 Å². The van der Waals surface area contributed by atoms with Gasteiger partial charge in [-0.05, 0) is 42.8 Å². The summed E-state index contributed by atoms with van der Waals surface area (Å²) in [4.78, 5) is 2.64. The number of halogens is 4. The molecular formula is C13H9F4NS. The monoisotopic (exact) mass is 287 g/mol. The van der Waals surface area contributed by atoms with Crippen LogP contribution in [0.2, 0.25) is 0 Å². The first-order chi connectivity index (χ1) is 8.75. The fraction of sp³-hybridized carbons (Fsp3) is 0.154. The van der Waals surface area contributed by atoms with Gasteiger partial charge in [-0.2, -0.15) is 13.2 Å². The van der Waals surface area contributed by atoms with Crippen molar-refractivity contribution < 1.29 is 17.6 Å². The van der Waals surface area contributed by atoms with E-state index in [1.807, 2.05) is 0 Å². The summed E-state index contributed by atoms with van der Waals surface area (Å²) in [6.07, 6.45) is -4.49. The highest BCUT2D eigenvalue weighted by molar-refractivity contribution is 7.71. The Morgan fingerprint density at radius 2 is 1.74 bits per heavy atom. The Morgan fingerprint density at radius 1 is 1.05 bits per heavy atom. The number of pyridine rings is 1. The molecule has 0 spiro atoms. The molecule has 1 heterocycles. The zero-order valence-electron chi connectivity index (χ0n) is 9.81. The van der Waals surface area contributed by atoms with E-state index in [0.29, 0.717) is 11.1 Å². The third kappa shape index (κ3) is 3.20. The number of benzene rings is 1. The highest BCUT2D eigenvalue weighted by Gasteiger charge is 2.31. The summed E-state index contributed by atoms with van der Waals surface area (Å²) in [6, 6.07) is 5.80. The maximum atomic E-state index is 13.3. The van der Waals surface area contributed by atoms with Gasteiger partial charge in [0.2, 0.25) is 0 Å². The minimum absolute atomic E-state index is 0.0493. The van der Waals surface area contributed by atoms with Crippen LogP contribution in [-0.2, 0) is 6.18 Å². The predicted molar refractivity (Wildman–Crippen MR) is 66.8 cm³/mol. The van der Waals surface area contributed by atoms with Crippen molar-refractivity contribution in [1.82, 2.24) is 4.98 Å². The van der Waals surface area contributed by atoms with E-state index in [0.717, 1.165) is 18.2 Å². The second-order valence-corrected chi connectivity index (χ2v) is 4.60. The zero-order chi connectivity index (χ0) is 14.2. The Balaban J connectivity index is 2.63. The number of aryl methyl sites for hydroxylation is 1. The first-order valence-electron chi connectivity index (χ1n) is 5.35. The molecule has 0 aliphatic heterocycles. The largest absolute Gasteiger partial charge is 0.416 e. The van der Waals surface area contributed by atoms with Crippen LogP contribution in [0.3, 0.4) is 0 Å². The van der Waals surface area contributed by atoms with Gasteiger partial charge in [-0.25, -0.2) is 4.39 Å². The predicted octanol–water partition coefficient (Wildman–Crippen LogP) is 4.88. The second-order valence-electron chi connectivity index (χ2n) is 4.16. The van der Waals surface area contributed by atoms with Gasteiger partial charge in [-0.15, -0.1) is 0 Å². The molecule has 19 heavy (non-hydrogen) atoms. The lowest BCUT2D eigenvalue weighted by atomic mass is 10.1. The molecule has 1 N–H and O–H groups in total. The number of nitrogens with one attached hydrogen (secondary N) is 1. The fourth-order valence-electron chi connectivity index (χ4n) is 1.75. The summed E-state index contributed by atoms with van der Waals surface area (Å²) in [5.41, 5.74) is 0.233. The zero-order valence-corrected chi connectivity index (χ0v) is 10.6. The molecule has 6 heteroatoms. The highest BCUT2D eigenvalue weighted by Crippen LogP contribution is 2.31. The molecule has 0 bridgehead atoms. The number of rotatable bonds is 1. The van der Waals surface area contributed by atoms with E-state index in [1.54, 1.807) is 13.0 Å². The molecule has 0 aliphatic rings. The Bertz CT molecular complexity index is 653. The van der Waals surface area contributed by atoms with Gasteiger partial charge in [0.05, 0.1) is 5.56 Å². The maximum Gasteiger partial charge on any atom is 0.416 e. The van der Waals surface area contributed by atoms with E-state index < -0.39 is 17.6 Å². The summed E-state index contributed by atoms with van der Waals surface area (Å²) >= 11 is 4.77. The fourth-order valence-corrected chi connectivity index (χ4v) is 1.99. The lowest BCUT2D eigenvalue weighted by molar-refractivity contribution is -0.137. The molecule has 2 rings (SSSR count). The molecule has 0 atom stereocenters. The van der Waals surface area contributed by atoms with Crippen LogP contribution in [-0.4, -0.2) is 4.98 Å². The van der Waals surface area contributed by atoms with Crippen LogP contribution in [0.1, 0.15) is 11.1 Å². The molecule has 0 saturated carbocycles. The number of alkyl halides is 3. The van der Waals surface area contributed by atoms with Gasteiger partial charge in [0.15, 0.2) is 0 Å². The lowest BCUT2D eigenvalue weighted by Crippen LogP contribution is -2.05. The van der Waals surface area contributed by atoms with E-state index >= 15 is 0 Å². The highest BCUT2D eigenvalue weighted by atomic mass is 32.1. The molecular weight excluding hydrogens is 278 g/mol. The molecule has 1 aromatic heterocycles. The Morgan fingerprint density at radius 3 is 2.32 bits per heavy atom. The standard InChI is InChI=1S/C13H9F4NS/c1-7-2-8(4-10(14)3-7)11-5-9(13(15,16)17)6-12(19)18-11/h2-6H,1H3,(H,18,19). The molecule has 1 nitrogen and oxygen atoms in total. The molecule has 0 fully saturated rings. The summed E-state index contributed by atoms with van der Waals surface area (Å²) in [5.74, 6) is -0.508. The molecule has 0 radical (unpaired) electrons. The first kappa shape index (κ1) is 13.7. The minimum Gasteiger partial charge on any atom is -0.346 e. The molecule has 0 aliphatic carbocycles. The quantitative estimate of drug-likeness (QED) is 0.584. The van der Waals surface area contributed by atoms with Crippen LogP contribution < -0.4 is 0 Å². The van der Waals surface area contributed by atoms with Crippen LogP contribution >= 0.6 is 12.2 Å². The number of aromatic nitrogens is 1. The van der Waals surface area contributed by atoms with E-state index in [2.05, 4.69) is 4.98 Å². The van der Waals surface area contributed by atoms with E-state index in [1.165, 1.54) is 6.07 Å². The van der Waals surface area contributed by atoms with Crippen LogP contribution in [0.15, 0.2) is 30.3 Å². The van der Waals surface area contributed by atoms with Crippen LogP contribution in [0.4, 0.5) is 17.6 Å². The molecule has 0 unspecified atom stereocenters. The molecule has 0 amide bonds. The molecule has 1 aromatic carbocycles. The van der Waals surface area contributed by atoms with Crippen LogP contribution in [0, 0.1) is 17.4 Å². The SMILES string of the molecule is Cc1cc(F)cc(-c2cc(C(F)(F)F)cc(=S)[nH]2)c1. The van der Waals surface area contributed by atoms with Gasteiger partial charge in [0.1, 0.15) is 10.5 Å². The Hall–Kier alpha value is -1.69. The Kier molecular flexibility index (Phi) is 3.45. The summed E-state index contributed by atoms with van der Waals surface area (Å²) in [7, 11) is 0. The second kappa shape index (κ2) is 4.77. The van der Waals surface area contributed by atoms with Crippen molar-refractivity contribution in [2.75, 3.05) is 0 Å². The minimum atomic E-state index is -4.49. The van der Waals surface area contributed by atoms with Crippen molar-refractivity contribution in [1.29, 1.82) is 0 Å². The number of hydrogen-bond acceptors (Lipinski definition) is 1. The topological polar surface area (TPSA) is 15.8 Å². The van der Waals surface area contributed by atoms with Crippen molar-refractivity contribution in [3.05, 3.63) is 51.9 Å². The van der Waals surface area contributed by atoms with Crippen molar-refractivity contribution in [2.24, 2.45) is 0 Å². The van der Waals surface area contributed by atoms with Gasteiger partial charge >= 0.3 is 6.18 Å². The van der Waals surface area contributed by atoms with Crippen molar-refractivity contribution >= 4 is 12.2 Å².